The normalized spacial score (nSPS) is 17.4. The number of amides is 8. The number of hydrogen-bond donors (Lipinski definition) is 8. The summed E-state index contributed by atoms with van der Waals surface area (Å²) in [5.41, 5.74) is 4.58. The fourth-order valence-corrected chi connectivity index (χ4v) is 16.8. The molecule has 32 heteroatoms. The molecule has 122 heavy (non-hydrogen) atoms. The second-order valence-electron chi connectivity index (χ2n) is 37.2. The third-order valence-corrected chi connectivity index (χ3v) is 23.8. The molecule has 0 bridgehead atoms. The number of rotatable bonds is 21. The first-order valence-electron chi connectivity index (χ1n) is 43.6. The molecule has 4 atom stereocenters. The Morgan fingerprint density at radius 1 is 0.484 bits per heavy atom. The summed E-state index contributed by atoms with van der Waals surface area (Å²) in [6, 6.07) is 8.39. The van der Waals surface area contributed by atoms with Crippen molar-refractivity contribution >= 4 is 58.9 Å². The minimum Gasteiger partial charge on any atom is -0.379 e. The first-order valence-corrected chi connectivity index (χ1v) is 44.0. The van der Waals surface area contributed by atoms with Gasteiger partial charge in [-0.2, -0.15) is 0 Å². The van der Waals surface area contributed by atoms with Crippen LogP contribution >= 0.6 is 11.6 Å². The Balaban J connectivity index is 0.000000185. The van der Waals surface area contributed by atoms with Crippen molar-refractivity contribution in [1.82, 2.24) is 85.6 Å². The SMILES string of the molecule is CC(C)(C)[C@H](NC(=O)c1nc(-c2ccc(F)c(F)c2)n2c1CCCCC2)C(=O)NCCF.CNC(=O)[C@@H](NC(=O)c1nc(C2CCC(F)(F)CC2)n2c1CCCCC2)C(C)(C)C.CNC(=O)[C@@H](NC(=O)c1nc(CCN2CCOCC2)n2c1CCCCC2)C(C)(C)C.CNC(=O)[C@@H](NC(=O)c1nc(Cc2ccc(Cl)cc2)n2c1CCCCC2)C(C)(C)C. The summed E-state index contributed by atoms with van der Waals surface area (Å²) in [6.07, 6.45) is 17.2. The summed E-state index contributed by atoms with van der Waals surface area (Å²) in [5.74, 6) is -4.13. The van der Waals surface area contributed by atoms with E-state index in [-0.39, 0.29) is 66.4 Å². The van der Waals surface area contributed by atoms with Crippen LogP contribution in [0.5, 0.6) is 0 Å². The Morgan fingerprint density at radius 3 is 1.31 bits per heavy atom. The second-order valence-corrected chi connectivity index (χ2v) is 37.6. The monoisotopic (exact) mass is 1720 g/mol. The molecule has 8 N–H and O–H groups in total. The van der Waals surface area contributed by atoms with Crippen LogP contribution in [0.2, 0.25) is 5.02 Å². The molecule has 0 radical (unpaired) electrons. The zero-order valence-corrected chi connectivity index (χ0v) is 75.0. The number of nitrogens with zero attached hydrogens (tertiary/aromatic N) is 9. The van der Waals surface area contributed by atoms with Crippen LogP contribution in [-0.2, 0) is 88.6 Å². The van der Waals surface area contributed by atoms with E-state index in [0.717, 1.165) is 207 Å². The zero-order chi connectivity index (χ0) is 89.2. The van der Waals surface area contributed by atoms with Gasteiger partial charge in [-0.3, -0.25) is 43.3 Å². The van der Waals surface area contributed by atoms with Gasteiger partial charge in [-0.1, -0.05) is 133 Å². The highest BCUT2D eigenvalue weighted by atomic mass is 35.5. The van der Waals surface area contributed by atoms with Gasteiger partial charge in [0.2, 0.25) is 29.6 Å². The second kappa shape index (κ2) is 43.0. The average molecular weight is 1730 g/mol. The lowest BCUT2D eigenvalue weighted by atomic mass is 9.86. The highest BCUT2D eigenvalue weighted by Gasteiger charge is 2.42. The van der Waals surface area contributed by atoms with Crippen LogP contribution in [-0.4, -0.2) is 188 Å². The molecule has 2 fully saturated rings. The van der Waals surface area contributed by atoms with E-state index >= 15 is 0 Å². The summed E-state index contributed by atoms with van der Waals surface area (Å²) in [5, 5.41) is 22.6. The molecule has 12 rings (SSSR count). The van der Waals surface area contributed by atoms with Crippen molar-refractivity contribution in [2.75, 3.05) is 67.2 Å². The number of imidazole rings is 4. The summed E-state index contributed by atoms with van der Waals surface area (Å²) in [4.78, 5) is 124. The van der Waals surface area contributed by atoms with Crippen LogP contribution in [0.1, 0.15) is 280 Å². The number of hydrogen-bond acceptors (Lipinski definition) is 14. The molecule has 672 valence electrons. The number of carbonyl (C=O) groups is 8. The number of aromatic nitrogens is 8. The molecule has 1 saturated carbocycles. The molecule has 0 unspecified atom stereocenters. The van der Waals surface area contributed by atoms with Crippen molar-refractivity contribution in [1.29, 1.82) is 0 Å². The van der Waals surface area contributed by atoms with Crippen molar-refractivity contribution < 1.29 is 65.0 Å². The highest BCUT2D eigenvalue weighted by Crippen LogP contribution is 2.42. The number of morpholine rings is 1. The number of benzene rings is 2. The number of ether oxygens (including phenoxy) is 1. The average Bonchev–Trinajstić information content (AvgIpc) is 1.64. The Labute approximate surface area is 720 Å². The van der Waals surface area contributed by atoms with E-state index in [1.165, 1.54) is 6.07 Å². The maximum Gasteiger partial charge on any atom is 0.272 e. The van der Waals surface area contributed by atoms with Gasteiger partial charge in [0.25, 0.3) is 23.6 Å². The van der Waals surface area contributed by atoms with Gasteiger partial charge in [0.15, 0.2) is 11.6 Å². The summed E-state index contributed by atoms with van der Waals surface area (Å²) >= 11 is 6.01. The number of likely N-dealkylation sites (N-methyl/N-ethyl adjacent to an activating group) is 3. The van der Waals surface area contributed by atoms with Crippen LogP contribution in [0, 0.1) is 33.3 Å². The predicted molar refractivity (Wildman–Crippen MR) is 460 cm³/mol. The Bertz CT molecular complexity index is 4590. The molecule has 2 aromatic carbocycles. The quantitative estimate of drug-likeness (QED) is 0.0311. The Hall–Kier alpha value is -9.10. The van der Waals surface area contributed by atoms with Gasteiger partial charge in [0.05, 0.1) is 36.0 Å². The molecular weight excluding hydrogens is 1590 g/mol. The number of alkyl halides is 3. The van der Waals surface area contributed by atoms with Gasteiger partial charge in [-0.15, -0.1) is 0 Å². The van der Waals surface area contributed by atoms with E-state index in [1.807, 2.05) is 91.1 Å². The van der Waals surface area contributed by atoms with Gasteiger partial charge in [0.1, 0.15) is 76.9 Å². The molecule has 4 aromatic heterocycles. The highest BCUT2D eigenvalue weighted by molar-refractivity contribution is 6.30. The molecule has 1 saturated heterocycles. The Kier molecular flexibility index (Phi) is 34.1. The summed E-state index contributed by atoms with van der Waals surface area (Å²) in [6.45, 7) is 29.4. The lowest BCUT2D eigenvalue weighted by Gasteiger charge is -2.30. The molecule has 6 aromatic rings. The minimum atomic E-state index is -2.60. The van der Waals surface area contributed by atoms with Crippen LogP contribution in [0.3, 0.4) is 0 Å². The van der Waals surface area contributed by atoms with E-state index in [1.54, 1.807) is 41.9 Å². The molecule has 5 aliphatic heterocycles. The van der Waals surface area contributed by atoms with Crippen LogP contribution in [0.15, 0.2) is 42.5 Å². The van der Waals surface area contributed by atoms with E-state index in [0.29, 0.717) is 71.4 Å². The van der Waals surface area contributed by atoms with Crippen molar-refractivity contribution in [3.63, 3.8) is 0 Å². The van der Waals surface area contributed by atoms with E-state index in [4.69, 9.17) is 31.3 Å². The lowest BCUT2D eigenvalue weighted by molar-refractivity contribution is -0.126. The summed E-state index contributed by atoms with van der Waals surface area (Å²) < 4.78 is 81.0. The number of halogens is 6. The topological polar surface area (TPSA) is 317 Å². The van der Waals surface area contributed by atoms with Crippen molar-refractivity contribution in [3.05, 3.63) is 128 Å². The maximum absolute atomic E-state index is 13.9. The third-order valence-electron chi connectivity index (χ3n) is 23.6. The van der Waals surface area contributed by atoms with Gasteiger partial charge < -0.3 is 65.5 Å². The zero-order valence-electron chi connectivity index (χ0n) is 74.2. The van der Waals surface area contributed by atoms with E-state index < -0.39 is 81.9 Å². The molecule has 0 spiro atoms. The summed E-state index contributed by atoms with van der Waals surface area (Å²) in [7, 11) is 4.73. The molecule has 6 aliphatic rings. The van der Waals surface area contributed by atoms with Crippen LogP contribution in [0.4, 0.5) is 22.0 Å². The van der Waals surface area contributed by atoms with Crippen molar-refractivity contribution in [3.8, 4) is 11.4 Å². The lowest BCUT2D eigenvalue weighted by Crippen LogP contribution is -2.54. The maximum atomic E-state index is 13.9. The fourth-order valence-electron chi connectivity index (χ4n) is 16.6. The molecule has 26 nitrogen and oxygen atoms in total. The molecule has 8 amide bonds. The fraction of sp³-hybridized carbons (Fsp3) is 0.644. The van der Waals surface area contributed by atoms with Crippen LogP contribution < -0.4 is 42.5 Å². The largest absolute Gasteiger partial charge is 0.379 e. The number of nitrogens with one attached hydrogen (secondary N) is 8. The molecule has 9 heterocycles. The van der Waals surface area contributed by atoms with Gasteiger partial charge in [-0.05, 0) is 147 Å². The predicted octanol–water partition coefficient (Wildman–Crippen LogP) is 12.7. The molecule has 1 aliphatic carbocycles. The van der Waals surface area contributed by atoms with Gasteiger partial charge in [0, 0.05) is 116 Å². The van der Waals surface area contributed by atoms with Gasteiger partial charge >= 0.3 is 0 Å². The Morgan fingerprint density at radius 2 is 0.877 bits per heavy atom. The van der Waals surface area contributed by atoms with Gasteiger partial charge in [-0.25, -0.2) is 41.9 Å². The number of carbonyl (C=O) groups excluding carboxylic acids is 8. The first-order chi connectivity index (χ1) is 57.7. The van der Waals surface area contributed by atoms with Crippen molar-refractivity contribution in [2.24, 2.45) is 21.7 Å². The van der Waals surface area contributed by atoms with Crippen LogP contribution in [0.25, 0.3) is 11.4 Å². The smallest absolute Gasteiger partial charge is 0.272 e. The number of fused-ring (bicyclic) bond motifs is 4. The minimum absolute atomic E-state index is 0.0552. The molecular formula is C90H131ClF5N17O9. The third kappa shape index (κ3) is 25.6. The first kappa shape index (κ1) is 96.7. The standard InChI is InChI=1S/C23H31ClN4O2.C23H29F3N4O2.C22H34F2N4O2.C22H37N5O3/c1-23(2,3)20(22(30)25-4)27-21(29)19-17-8-6-5-7-13-28(17)18(26-19)14-15-9-11-16(24)12-10-15;1-23(2,3)19(22(32)27-11-10-24)29-21(31)18-17-7-5-4-6-12-30(17)20(28-18)14-8-9-15(25)16(26)13-14;1-21(2,3)17(20(30)25-4)27-19(29)16-15-8-6-5-7-13-28(15)18(26-16)14-9-11-22(23,24)12-10-14;1-22(2,3)19(21(29)23-4)25-20(28)18-16-8-6-5-7-10-27(16)17(24-18)9-11-26-12-14-30-15-13-26/h9-12,20H,5-8,13-14H2,1-4H3,(H,25,30)(H,27,29);8-9,13,19H,4-7,10-12H2,1-3H3,(H,27,32)(H,29,31);14,17H,5-13H2,1-4H3,(H,25,30)(H,27,29);19H,5-15H2,1-4H3,(H,23,29)(H,25,28)/t20-;19-;17-;19-/m1111/s1. The van der Waals surface area contributed by atoms with E-state index in [9.17, 15) is 60.3 Å². The van der Waals surface area contributed by atoms with Crippen molar-refractivity contribution in [2.45, 2.75) is 287 Å². The van der Waals surface area contributed by atoms with E-state index in [2.05, 4.69) is 66.1 Å².